The van der Waals surface area contributed by atoms with Gasteiger partial charge >= 0.3 is 0 Å². The lowest BCUT2D eigenvalue weighted by Gasteiger charge is -2.21. The summed E-state index contributed by atoms with van der Waals surface area (Å²) in [5, 5.41) is 6.58. The van der Waals surface area contributed by atoms with Gasteiger partial charge in [-0.25, -0.2) is 4.68 Å². The van der Waals surface area contributed by atoms with Crippen LogP contribution in [0.25, 0.3) is 0 Å². The van der Waals surface area contributed by atoms with Crippen LogP contribution in [0.3, 0.4) is 0 Å². The summed E-state index contributed by atoms with van der Waals surface area (Å²) in [7, 11) is 0. The highest BCUT2D eigenvalue weighted by molar-refractivity contribution is 7.10. The van der Waals surface area contributed by atoms with E-state index >= 15 is 0 Å². The lowest BCUT2D eigenvalue weighted by atomic mass is 10.0. The van der Waals surface area contributed by atoms with Gasteiger partial charge in [0.15, 0.2) is 0 Å². The minimum absolute atomic E-state index is 0.244. The van der Waals surface area contributed by atoms with Crippen LogP contribution < -0.4 is 5.73 Å². The Hall–Kier alpha value is -1.29. The molecule has 0 amide bonds. The second-order valence-electron chi connectivity index (χ2n) is 4.36. The van der Waals surface area contributed by atoms with E-state index in [4.69, 9.17) is 5.73 Å². The van der Waals surface area contributed by atoms with Gasteiger partial charge in [0.2, 0.25) is 0 Å². The normalized spacial score (nSPS) is 13.2. The summed E-state index contributed by atoms with van der Waals surface area (Å²) >= 11 is 1.76. The maximum absolute atomic E-state index is 5.99. The lowest BCUT2D eigenvalue weighted by Crippen LogP contribution is -2.18. The van der Waals surface area contributed by atoms with Crippen LogP contribution in [-0.4, -0.2) is 9.78 Å². The fourth-order valence-electron chi connectivity index (χ4n) is 1.95. The van der Waals surface area contributed by atoms with Crippen molar-refractivity contribution >= 4 is 17.2 Å². The van der Waals surface area contributed by atoms with Crippen LogP contribution in [0, 0.1) is 12.8 Å². The highest BCUT2D eigenvalue weighted by Gasteiger charge is 2.21. The van der Waals surface area contributed by atoms with E-state index in [0.29, 0.717) is 5.92 Å². The van der Waals surface area contributed by atoms with Gasteiger partial charge in [-0.15, -0.1) is 11.3 Å². The Morgan fingerprint density at radius 3 is 2.62 bits per heavy atom. The maximum atomic E-state index is 5.99. The summed E-state index contributed by atoms with van der Waals surface area (Å²) in [5.74, 6) is 1.21. The Morgan fingerprint density at radius 2 is 2.19 bits per heavy atom. The third-order valence-corrected chi connectivity index (χ3v) is 3.56. The van der Waals surface area contributed by atoms with Gasteiger partial charge in [0, 0.05) is 10.9 Å². The first kappa shape index (κ1) is 11.2. The van der Waals surface area contributed by atoms with E-state index in [1.54, 1.807) is 11.3 Å². The van der Waals surface area contributed by atoms with Gasteiger partial charge in [-0.05, 0) is 24.3 Å². The van der Waals surface area contributed by atoms with Crippen molar-refractivity contribution < 1.29 is 0 Å². The van der Waals surface area contributed by atoms with Gasteiger partial charge in [-0.3, -0.25) is 0 Å². The van der Waals surface area contributed by atoms with Crippen molar-refractivity contribution in [2.24, 2.45) is 5.92 Å². The average molecular weight is 235 g/mol. The molecule has 1 unspecified atom stereocenters. The van der Waals surface area contributed by atoms with Gasteiger partial charge in [0.05, 0.1) is 11.7 Å². The molecule has 0 aromatic carbocycles. The molecule has 0 aliphatic rings. The number of aryl methyl sites for hydroxylation is 1. The number of rotatable bonds is 3. The van der Waals surface area contributed by atoms with Crippen LogP contribution in [0.15, 0.2) is 23.6 Å². The van der Waals surface area contributed by atoms with Crippen molar-refractivity contribution in [1.82, 2.24) is 9.78 Å². The molecule has 3 nitrogen and oxygen atoms in total. The number of hydrogen-bond acceptors (Lipinski definition) is 3. The summed E-state index contributed by atoms with van der Waals surface area (Å²) in [6.45, 7) is 6.36. The molecule has 86 valence electrons. The number of nitrogens with zero attached hydrogens (tertiary/aromatic N) is 2. The van der Waals surface area contributed by atoms with Crippen molar-refractivity contribution in [3.05, 3.63) is 34.2 Å². The molecule has 0 radical (unpaired) electrons. The Morgan fingerprint density at radius 1 is 1.44 bits per heavy atom. The highest BCUT2D eigenvalue weighted by Crippen LogP contribution is 2.31. The Labute approximate surface area is 99.9 Å². The standard InChI is InChI=1S/C12H17N3S/c1-8(2)12(10-5-4-6-16-10)15-11(13)7-9(3)14-15/h4-8,12H,13H2,1-3H3. The summed E-state index contributed by atoms with van der Waals surface area (Å²) < 4.78 is 1.94. The molecular formula is C12H17N3S. The second kappa shape index (κ2) is 4.29. The maximum Gasteiger partial charge on any atom is 0.122 e. The molecule has 2 heterocycles. The Kier molecular flexibility index (Phi) is 3.01. The molecule has 0 bridgehead atoms. The third kappa shape index (κ3) is 1.97. The zero-order valence-electron chi connectivity index (χ0n) is 9.84. The van der Waals surface area contributed by atoms with Crippen LogP contribution in [-0.2, 0) is 0 Å². The third-order valence-electron chi connectivity index (χ3n) is 2.62. The van der Waals surface area contributed by atoms with Crippen molar-refractivity contribution in [2.75, 3.05) is 5.73 Å². The first-order valence-corrected chi connectivity index (χ1v) is 6.32. The predicted molar refractivity (Wildman–Crippen MR) is 68.7 cm³/mol. The topological polar surface area (TPSA) is 43.8 Å². The molecule has 4 heteroatoms. The van der Waals surface area contributed by atoms with E-state index in [1.807, 2.05) is 17.7 Å². The molecule has 0 fully saturated rings. The monoisotopic (exact) mass is 235 g/mol. The average Bonchev–Trinajstić information content (AvgIpc) is 2.78. The van der Waals surface area contributed by atoms with E-state index in [1.165, 1.54) is 4.88 Å². The quantitative estimate of drug-likeness (QED) is 0.888. The van der Waals surface area contributed by atoms with Crippen LogP contribution in [0.2, 0.25) is 0 Å². The summed E-state index contributed by atoms with van der Waals surface area (Å²) in [4.78, 5) is 1.31. The second-order valence-corrected chi connectivity index (χ2v) is 5.34. The molecule has 16 heavy (non-hydrogen) atoms. The molecule has 0 aliphatic carbocycles. The SMILES string of the molecule is Cc1cc(N)n(C(c2cccs2)C(C)C)n1. The molecular weight excluding hydrogens is 218 g/mol. The van der Waals surface area contributed by atoms with Crippen LogP contribution >= 0.6 is 11.3 Å². The zero-order chi connectivity index (χ0) is 11.7. The minimum atomic E-state index is 0.244. The number of aromatic nitrogens is 2. The van der Waals surface area contributed by atoms with Gasteiger partial charge < -0.3 is 5.73 Å². The Bertz CT molecular complexity index is 457. The predicted octanol–water partition coefficient (Wildman–Crippen LogP) is 3.08. The van der Waals surface area contributed by atoms with E-state index in [-0.39, 0.29) is 6.04 Å². The molecule has 2 aromatic heterocycles. The number of anilines is 1. The number of hydrogen-bond donors (Lipinski definition) is 1. The van der Waals surface area contributed by atoms with Gasteiger partial charge in [-0.2, -0.15) is 5.10 Å². The molecule has 2 rings (SSSR count). The highest BCUT2D eigenvalue weighted by atomic mass is 32.1. The first-order valence-electron chi connectivity index (χ1n) is 5.44. The Balaban J connectivity index is 2.45. The van der Waals surface area contributed by atoms with Crippen molar-refractivity contribution in [3.8, 4) is 0 Å². The lowest BCUT2D eigenvalue weighted by molar-refractivity contribution is 0.412. The molecule has 2 N–H and O–H groups in total. The first-order chi connectivity index (χ1) is 7.59. The molecule has 0 saturated heterocycles. The number of nitrogen functional groups attached to an aromatic ring is 1. The molecule has 2 aromatic rings. The molecule has 1 atom stereocenters. The summed E-state index contributed by atoms with van der Waals surface area (Å²) in [5.41, 5.74) is 6.96. The van der Waals surface area contributed by atoms with E-state index in [0.717, 1.165) is 11.5 Å². The molecule has 0 saturated carbocycles. The minimum Gasteiger partial charge on any atom is -0.384 e. The van der Waals surface area contributed by atoms with Crippen molar-refractivity contribution in [2.45, 2.75) is 26.8 Å². The van der Waals surface area contributed by atoms with Crippen LogP contribution in [0.4, 0.5) is 5.82 Å². The van der Waals surface area contributed by atoms with Gasteiger partial charge in [0.1, 0.15) is 5.82 Å². The zero-order valence-corrected chi connectivity index (χ0v) is 10.7. The fraction of sp³-hybridized carbons (Fsp3) is 0.417. The summed E-state index contributed by atoms with van der Waals surface area (Å²) in [6, 6.07) is 6.38. The van der Waals surface area contributed by atoms with Crippen molar-refractivity contribution in [3.63, 3.8) is 0 Å². The number of thiophene rings is 1. The van der Waals surface area contributed by atoms with Gasteiger partial charge in [-0.1, -0.05) is 19.9 Å². The number of nitrogens with two attached hydrogens (primary N) is 1. The molecule has 0 aliphatic heterocycles. The largest absolute Gasteiger partial charge is 0.384 e. The van der Waals surface area contributed by atoms with Gasteiger partial charge in [0.25, 0.3) is 0 Å². The van der Waals surface area contributed by atoms with E-state index in [9.17, 15) is 0 Å². The summed E-state index contributed by atoms with van der Waals surface area (Å²) in [6.07, 6.45) is 0. The van der Waals surface area contributed by atoms with E-state index < -0.39 is 0 Å². The smallest absolute Gasteiger partial charge is 0.122 e. The van der Waals surface area contributed by atoms with E-state index in [2.05, 4.69) is 36.5 Å². The fourth-order valence-corrected chi connectivity index (χ4v) is 2.93. The van der Waals surface area contributed by atoms with Crippen LogP contribution in [0.5, 0.6) is 0 Å². The van der Waals surface area contributed by atoms with Crippen LogP contribution in [0.1, 0.15) is 30.5 Å². The van der Waals surface area contributed by atoms with Crippen molar-refractivity contribution in [1.29, 1.82) is 0 Å². The molecule has 0 spiro atoms.